The molecule has 6 nitrogen and oxygen atoms in total. The maximum Gasteiger partial charge on any atom is 0.305 e. The van der Waals surface area contributed by atoms with Crippen molar-refractivity contribution < 1.29 is 14.6 Å². The minimum atomic E-state index is -0.798. The molecule has 1 unspecified atom stereocenters. The van der Waals surface area contributed by atoms with E-state index in [-0.39, 0.29) is 18.7 Å². The summed E-state index contributed by atoms with van der Waals surface area (Å²) in [6.07, 6.45) is 3.57. The van der Waals surface area contributed by atoms with Crippen LogP contribution in [0, 0.1) is 0 Å². The number of aromatic amines is 1. The Bertz CT molecular complexity index is 842. The van der Waals surface area contributed by atoms with Crippen LogP contribution in [0.3, 0.4) is 0 Å². The Kier molecular flexibility index (Phi) is 4.91. The van der Waals surface area contributed by atoms with Crippen LogP contribution < -0.4 is 4.90 Å². The summed E-state index contributed by atoms with van der Waals surface area (Å²) in [4.78, 5) is 21.2. The number of aromatic nitrogens is 1. The van der Waals surface area contributed by atoms with E-state index in [4.69, 9.17) is 9.84 Å². The molecule has 2 aromatic rings. The molecule has 1 saturated heterocycles. The summed E-state index contributed by atoms with van der Waals surface area (Å²) in [6, 6.07) is 8.21. The third kappa shape index (κ3) is 3.46. The number of carboxylic acids is 1. The molecule has 2 aliphatic heterocycles. The molecule has 26 heavy (non-hydrogen) atoms. The van der Waals surface area contributed by atoms with E-state index < -0.39 is 5.97 Å². The number of H-pyrrole nitrogens is 1. The van der Waals surface area contributed by atoms with Crippen molar-refractivity contribution >= 4 is 39.4 Å². The van der Waals surface area contributed by atoms with Crippen LogP contribution in [0.5, 0.6) is 0 Å². The molecule has 0 spiro atoms. The fourth-order valence-corrected chi connectivity index (χ4v) is 4.63. The molecule has 7 heteroatoms. The van der Waals surface area contributed by atoms with Crippen molar-refractivity contribution in [2.75, 3.05) is 24.3 Å². The summed E-state index contributed by atoms with van der Waals surface area (Å²) in [7, 11) is 2.08. The molecule has 2 aliphatic rings. The predicted molar refractivity (Wildman–Crippen MR) is 105 cm³/mol. The molecule has 0 radical (unpaired) electrons. The molecule has 0 amide bonds. The van der Waals surface area contributed by atoms with Gasteiger partial charge in [-0.05, 0) is 31.4 Å². The Hall–Kier alpha value is -1.99. The number of ether oxygens (including phenoxy) is 1. The van der Waals surface area contributed by atoms with Gasteiger partial charge in [-0.2, -0.15) is 0 Å². The molecule has 1 aromatic carbocycles. The topological polar surface area (TPSA) is 77.9 Å². The van der Waals surface area contributed by atoms with Crippen LogP contribution in [-0.2, 0) is 9.53 Å². The molecular weight excluding hydrogens is 350 g/mol. The normalized spacial score (nSPS) is 23.2. The predicted octanol–water partition coefficient (Wildman–Crippen LogP) is 3.47. The summed E-state index contributed by atoms with van der Waals surface area (Å²) in [5, 5.41) is 11.0. The number of hydrogen-bond acceptors (Lipinski definition) is 5. The van der Waals surface area contributed by atoms with Crippen molar-refractivity contribution in [2.24, 2.45) is 4.99 Å². The molecule has 4 rings (SSSR count). The number of carbonyl (C=O) groups is 1. The van der Waals surface area contributed by atoms with Crippen LogP contribution in [0.1, 0.15) is 31.4 Å². The van der Waals surface area contributed by atoms with E-state index >= 15 is 0 Å². The molecule has 1 aromatic heterocycles. The average molecular weight is 373 g/mol. The zero-order chi connectivity index (χ0) is 18.1. The lowest BCUT2D eigenvalue weighted by atomic mass is 10.1. The number of benzene rings is 1. The average Bonchev–Trinajstić information content (AvgIpc) is 3.27. The van der Waals surface area contributed by atoms with Gasteiger partial charge in [-0.15, -0.1) is 11.8 Å². The van der Waals surface area contributed by atoms with E-state index in [1.807, 2.05) is 0 Å². The second-order valence-electron chi connectivity index (χ2n) is 6.85. The Morgan fingerprint density at radius 3 is 3.12 bits per heavy atom. The number of anilines is 1. The molecule has 2 atom stereocenters. The summed E-state index contributed by atoms with van der Waals surface area (Å²) in [5.41, 5.74) is 3.15. The van der Waals surface area contributed by atoms with Gasteiger partial charge in [0.1, 0.15) is 11.3 Å². The quantitative estimate of drug-likeness (QED) is 0.839. The summed E-state index contributed by atoms with van der Waals surface area (Å²) in [6.45, 7) is 0.819. The van der Waals surface area contributed by atoms with Crippen molar-refractivity contribution in [3.8, 4) is 0 Å². The largest absolute Gasteiger partial charge is 0.481 e. The zero-order valence-electron chi connectivity index (χ0n) is 14.8. The molecule has 1 fully saturated rings. The number of fused-ring (bicyclic) bond motifs is 1. The van der Waals surface area contributed by atoms with Gasteiger partial charge in [-0.1, -0.05) is 12.1 Å². The van der Waals surface area contributed by atoms with Crippen LogP contribution in [-0.4, -0.2) is 52.8 Å². The van der Waals surface area contributed by atoms with Crippen LogP contribution in [0.4, 0.5) is 5.69 Å². The first kappa shape index (κ1) is 17.4. The molecule has 0 saturated carbocycles. The van der Waals surface area contributed by atoms with Gasteiger partial charge in [0.25, 0.3) is 0 Å². The summed E-state index contributed by atoms with van der Waals surface area (Å²) in [5.74, 6) is -0.0757. The number of rotatable bonds is 5. The molecular formula is C19H23N3O3S. The number of aliphatic carboxylic acids is 1. The number of nitrogens with one attached hydrogen (secondary N) is 1. The standard InChI is InChI=1S/C19H23N3O3S/c1-22(16-7-2-3-8-25-16)15-6-4-5-12-9-14(21-18(12)15)19-20-13(11-26-19)10-17(23)24/h4-6,9,13,16,21H,2-3,7-8,10-11H2,1H3,(H,23,24)/t13-,16?/m0/s1. The van der Waals surface area contributed by atoms with Gasteiger partial charge in [-0.3, -0.25) is 9.79 Å². The van der Waals surface area contributed by atoms with E-state index in [1.54, 1.807) is 11.8 Å². The molecule has 138 valence electrons. The lowest BCUT2D eigenvalue weighted by Gasteiger charge is -2.33. The van der Waals surface area contributed by atoms with E-state index in [0.717, 1.165) is 52.5 Å². The van der Waals surface area contributed by atoms with Gasteiger partial charge in [-0.25, -0.2) is 0 Å². The van der Waals surface area contributed by atoms with Gasteiger partial charge in [0.15, 0.2) is 0 Å². The van der Waals surface area contributed by atoms with Gasteiger partial charge in [0.2, 0.25) is 0 Å². The number of hydrogen-bond donors (Lipinski definition) is 2. The molecule has 2 N–H and O–H groups in total. The monoisotopic (exact) mass is 373 g/mol. The second kappa shape index (κ2) is 7.32. The maximum atomic E-state index is 10.9. The van der Waals surface area contributed by atoms with Crippen LogP contribution in [0.15, 0.2) is 29.3 Å². The number of aliphatic imine (C=N–C) groups is 1. The van der Waals surface area contributed by atoms with E-state index in [1.165, 1.54) is 6.42 Å². The SMILES string of the molecule is CN(c1cccc2cc(C3=N[C@@H](CC(=O)O)CS3)[nH]c12)C1CCCCO1. The van der Waals surface area contributed by atoms with Gasteiger partial charge in [0, 0.05) is 24.8 Å². The minimum Gasteiger partial charge on any atom is -0.481 e. The van der Waals surface area contributed by atoms with Crippen LogP contribution in [0.25, 0.3) is 10.9 Å². The molecule has 0 bridgehead atoms. The Morgan fingerprint density at radius 1 is 1.46 bits per heavy atom. The fraction of sp³-hybridized carbons (Fsp3) is 0.474. The number of thioether (sulfide) groups is 1. The van der Waals surface area contributed by atoms with E-state index in [9.17, 15) is 4.79 Å². The number of para-hydroxylation sites is 1. The summed E-state index contributed by atoms with van der Waals surface area (Å²) < 4.78 is 5.93. The highest BCUT2D eigenvalue weighted by molar-refractivity contribution is 8.14. The lowest BCUT2D eigenvalue weighted by molar-refractivity contribution is -0.137. The first-order valence-corrected chi connectivity index (χ1v) is 9.99. The van der Waals surface area contributed by atoms with Crippen molar-refractivity contribution in [1.29, 1.82) is 0 Å². The fourth-order valence-electron chi connectivity index (χ4n) is 3.60. The third-order valence-electron chi connectivity index (χ3n) is 4.95. The molecule has 3 heterocycles. The Morgan fingerprint density at radius 2 is 2.35 bits per heavy atom. The first-order valence-electron chi connectivity index (χ1n) is 9.01. The first-order chi connectivity index (χ1) is 12.6. The highest BCUT2D eigenvalue weighted by atomic mass is 32.2. The highest BCUT2D eigenvalue weighted by Crippen LogP contribution is 2.32. The van der Waals surface area contributed by atoms with Crippen LogP contribution >= 0.6 is 11.8 Å². The van der Waals surface area contributed by atoms with E-state index in [0.29, 0.717) is 0 Å². The van der Waals surface area contributed by atoms with Crippen LogP contribution in [0.2, 0.25) is 0 Å². The maximum absolute atomic E-state index is 10.9. The zero-order valence-corrected chi connectivity index (χ0v) is 15.6. The van der Waals surface area contributed by atoms with E-state index in [2.05, 4.69) is 46.2 Å². The Labute approximate surface area is 156 Å². The van der Waals surface area contributed by atoms with Gasteiger partial charge < -0.3 is 19.7 Å². The number of carboxylic acid groups (broad SMARTS) is 1. The van der Waals surface area contributed by atoms with Crippen molar-refractivity contribution in [3.63, 3.8) is 0 Å². The minimum absolute atomic E-state index is 0.0870. The Balaban J connectivity index is 1.62. The van der Waals surface area contributed by atoms with Crippen molar-refractivity contribution in [3.05, 3.63) is 30.0 Å². The second-order valence-corrected chi connectivity index (χ2v) is 7.86. The number of nitrogens with zero attached hydrogens (tertiary/aromatic N) is 2. The third-order valence-corrected chi connectivity index (χ3v) is 6.10. The molecule has 0 aliphatic carbocycles. The summed E-state index contributed by atoms with van der Waals surface area (Å²) >= 11 is 1.62. The van der Waals surface area contributed by atoms with Gasteiger partial charge in [0.05, 0.1) is 29.4 Å². The van der Waals surface area contributed by atoms with Gasteiger partial charge >= 0.3 is 5.97 Å². The van der Waals surface area contributed by atoms with Crippen molar-refractivity contribution in [2.45, 2.75) is 38.0 Å². The van der Waals surface area contributed by atoms with Crippen molar-refractivity contribution in [1.82, 2.24) is 4.98 Å². The lowest BCUT2D eigenvalue weighted by Crippen LogP contribution is -2.36. The smallest absolute Gasteiger partial charge is 0.305 e. The highest BCUT2D eigenvalue weighted by Gasteiger charge is 2.24.